The van der Waals surface area contributed by atoms with Crippen LogP contribution in [0.4, 0.5) is 5.82 Å². The van der Waals surface area contributed by atoms with Crippen molar-refractivity contribution in [3.05, 3.63) is 17.1 Å². The van der Waals surface area contributed by atoms with Crippen molar-refractivity contribution in [3.63, 3.8) is 0 Å². The Labute approximate surface area is 95.0 Å². The average Bonchev–Trinajstić information content (AvgIpc) is 2.29. The number of methoxy groups -OCH3 is 1. The van der Waals surface area contributed by atoms with E-state index >= 15 is 0 Å². The molecule has 2 rings (SSSR count). The predicted octanol–water partition coefficient (Wildman–Crippen LogP) is 0.709. The summed E-state index contributed by atoms with van der Waals surface area (Å²) in [7, 11) is 1.68. The minimum Gasteiger partial charge on any atom is -0.383 e. The summed E-state index contributed by atoms with van der Waals surface area (Å²) < 4.78 is 10.5. The molecular formula is C11H17N3O2. The van der Waals surface area contributed by atoms with Gasteiger partial charge in [-0.2, -0.15) is 0 Å². The molecule has 5 nitrogen and oxygen atoms in total. The summed E-state index contributed by atoms with van der Waals surface area (Å²) in [4.78, 5) is 8.79. The normalized spacial score (nSPS) is 16.9. The number of hydrogen-bond donors (Lipinski definition) is 1. The van der Waals surface area contributed by atoms with Gasteiger partial charge in [-0.05, 0) is 6.92 Å². The quantitative estimate of drug-likeness (QED) is 0.817. The lowest BCUT2D eigenvalue weighted by Crippen LogP contribution is -2.19. The number of rotatable bonds is 3. The number of aromatic nitrogens is 2. The van der Waals surface area contributed by atoms with E-state index in [1.54, 1.807) is 7.11 Å². The first-order chi connectivity index (χ1) is 7.70. The van der Waals surface area contributed by atoms with Crippen molar-refractivity contribution < 1.29 is 9.47 Å². The second kappa shape index (κ2) is 4.76. The highest BCUT2D eigenvalue weighted by molar-refractivity contribution is 5.42. The maximum absolute atomic E-state index is 5.89. The van der Waals surface area contributed by atoms with Gasteiger partial charge in [0.15, 0.2) is 0 Å². The van der Waals surface area contributed by atoms with E-state index in [1.165, 1.54) is 0 Å². The molecule has 88 valence electrons. The van der Waals surface area contributed by atoms with E-state index in [-0.39, 0.29) is 6.10 Å². The van der Waals surface area contributed by atoms with Crippen molar-refractivity contribution >= 4 is 5.82 Å². The van der Waals surface area contributed by atoms with Crippen molar-refractivity contribution in [2.24, 2.45) is 0 Å². The highest BCUT2D eigenvalue weighted by atomic mass is 16.5. The van der Waals surface area contributed by atoms with Crippen LogP contribution in [0.25, 0.3) is 0 Å². The number of nitrogens with two attached hydrogens (primary N) is 1. The summed E-state index contributed by atoms with van der Waals surface area (Å²) in [5.74, 6) is 1.30. The highest BCUT2D eigenvalue weighted by Gasteiger charge is 2.17. The Morgan fingerprint density at radius 2 is 2.31 bits per heavy atom. The lowest BCUT2D eigenvalue weighted by molar-refractivity contribution is 0.108. The maximum atomic E-state index is 5.89. The van der Waals surface area contributed by atoms with E-state index in [0.717, 1.165) is 23.5 Å². The Balaban J connectivity index is 2.24. The van der Waals surface area contributed by atoms with Crippen LogP contribution in [0, 0.1) is 0 Å². The number of fused-ring (bicyclic) bond motifs is 1. The van der Waals surface area contributed by atoms with Gasteiger partial charge < -0.3 is 15.2 Å². The predicted molar refractivity (Wildman–Crippen MR) is 60.0 cm³/mol. The molecule has 0 amide bonds. The second-order valence-electron chi connectivity index (χ2n) is 4.00. The number of ether oxygens (including phenoxy) is 2. The minimum absolute atomic E-state index is 0.109. The summed E-state index contributed by atoms with van der Waals surface area (Å²) >= 11 is 0. The molecule has 0 radical (unpaired) electrons. The number of nitrogens with zero attached hydrogens (tertiary/aromatic N) is 2. The van der Waals surface area contributed by atoms with Crippen LogP contribution in [0.3, 0.4) is 0 Å². The van der Waals surface area contributed by atoms with E-state index in [9.17, 15) is 0 Å². The Kier molecular flexibility index (Phi) is 3.36. The van der Waals surface area contributed by atoms with Gasteiger partial charge in [0, 0.05) is 25.5 Å². The van der Waals surface area contributed by atoms with Gasteiger partial charge in [-0.1, -0.05) is 0 Å². The van der Waals surface area contributed by atoms with Crippen LogP contribution < -0.4 is 5.73 Å². The van der Waals surface area contributed by atoms with Crippen molar-refractivity contribution in [2.45, 2.75) is 32.5 Å². The van der Waals surface area contributed by atoms with Crippen LogP contribution in [0.1, 0.15) is 24.0 Å². The number of nitrogen functional groups attached to an aromatic ring is 1. The molecule has 1 aliphatic heterocycles. The van der Waals surface area contributed by atoms with Gasteiger partial charge in [0.1, 0.15) is 11.6 Å². The number of hydrogen-bond acceptors (Lipinski definition) is 5. The Morgan fingerprint density at radius 3 is 3.06 bits per heavy atom. The van der Waals surface area contributed by atoms with Gasteiger partial charge in [-0.25, -0.2) is 9.97 Å². The molecule has 1 unspecified atom stereocenters. The Hall–Kier alpha value is -1.20. The van der Waals surface area contributed by atoms with Gasteiger partial charge >= 0.3 is 0 Å². The van der Waals surface area contributed by atoms with Crippen molar-refractivity contribution in [1.29, 1.82) is 0 Å². The highest BCUT2D eigenvalue weighted by Crippen LogP contribution is 2.20. The van der Waals surface area contributed by atoms with Crippen molar-refractivity contribution in [3.8, 4) is 0 Å². The van der Waals surface area contributed by atoms with Crippen LogP contribution in [-0.4, -0.2) is 29.8 Å². The summed E-state index contributed by atoms with van der Waals surface area (Å²) in [6, 6.07) is 0. The van der Waals surface area contributed by atoms with E-state index in [2.05, 4.69) is 9.97 Å². The fraction of sp³-hybridized carbons (Fsp3) is 0.636. The molecule has 0 saturated heterocycles. The molecular weight excluding hydrogens is 206 g/mol. The van der Waals surface area contributed by atoms with Gasteiger partial charge in [-0.3, -0.25) is 0 Å². The molecule has 5 heteroatoms. The zero-order chi connectivity index (χ0) is 11.5. The molecule has 1 aromatic rings. The fourth-order valence-corrected chi connectivity index (χ4v) is 1.74. The molecule has 0 aliphatic carbocycles. The smallest absolute Gasteiger partial charge is 0.133 e. The lowest BCUT2D eigenvalue weighted by Gasteiger charge is -2.18. The van der Waals surface area contributed by atoms with Gasteiger partial charge in [0.2, 0.25) is 0 Å². The average molecular weight is 223 g/mol. The third-order valence-corrected chi connectivity index (χ3v) is 2.77. The second-order valence-corrected chi connectivity index (χ2v) is 4.00. The molecule has 2 heterocycles. The largest absolute Gasteiger partial charge is 0.383 e. The molecule has 1 aromatic heterocycles. The lowest BCUT2D eigenvalue weighted by atomic mass is 10.1. The summed E-state index contributed by atoms with van der Waals surface area (Å²) in [5.41, 5.74) is 7.86. The summed E-state index contributed by atoms with van der Waals surface area (Å²) in [5, 5.41) is 0. The van der Waals surface area contributed by atoms with Crippen LogP contribution in [-0.2, 0) is 28.9 Å². The van der Waals surface area contributed by atoms with E-state index in [4.69, 9.17) is 15.2 Å². The van der Waals surface area contributed by atoms with Crippen LogP contribution in [0.15, 0.2) is 0 Å². The van der Waals surface area contributed by atoms with Crippen LogP contribution in [0.5, 0.6) is 0 Å². The fourth-order valence-electron chi connectivity index (χ4n) is 1.74. The van der Waals surface area contributed by atoms with Gasteiger partial charge in [0.25, 0.3) is 0 Å². The Morgan fingerprint density at radius 1 is 1.50 bits per heavy atom. The summed E-state index contributed by atoms with van der Waals surface area (Å²) in [6.07, 6.45) is 1.61. The van der Waals surface area contributed by atoms with Crippen molar-refractivity contribution in [1.82, 2.24) is 9.97 Å². The number of anilines is 1. The molecule has 0 aromatic carbocycles. The zero-order valence-corrected chi connectivity index (χ0v) is 9.69. The van der Waals surface area contributed by atoms with E-state index < -0.39 is 0 Å². The first kappa shape index (κ1) is 11.3. The molecule has 0 fully saturated rings. The Bertz CT molecular complexity index is 382. The molecule has 2 N–H and O–H groups in total. The van der Waals surface area contributed by atoms with Crippen molar-refractivity contribution in [2.75, 3.05) is 19.5 Å². The maximum Gasteiger partial charge on any atom is 0.133 e. The molecule has 0 saturated carbocycles. The molecule has 1 aliphatic rings. The SMILES string of the molecule is COC(C)Cc1nc(N)c2c(n1)CCOC2. The monoisotopic (exact) mass is 223 g/mol. The third kappa shape index (κ3) is 2.31. The standard InChI is InChI=1S/C11H17N3O2/c1-7(15-2)5-10-13-9-3-4-16-6-8(9)11(12)14-10/h7H,3-6H2,1-2H3,(H2,12,13,14). The van der Waals surface area contributed by atoms with Crippen LogP contribution in [0.2, 0.25) is 0 Å². The summed E-state index contributed by atoms with van der Waals surface area (Å²) in [6.45, 7) is 3.23. The molecule has 0 spiro atoms. The molecule has 1 atom stereocenters. The topological polar surface area (TPSA) is 70.3 Å². The third-order valence-electron chi connectivity index (χ3n) is 2.77. The first-order valence-corrected chi connectivity index (χ1v) is 5.45. The first-order valence-electron chi connectivity index (χ1n) is 5.45. The van der Waals surface area contributed by atoms with E-state index in [0.29, 0.717) is 25.5 Å². The van der Waals surface area contributed by atoms with E-state index in [1.807, 2.05) is 6.92 Å². The zero-order valence-electron chi connectivity index (χ0n) is 9.69. The van der Waals surface area contributed by atoms with Crippen LogP contribution >= 0.6 is 0 Å². The van der Waals surface area contributed by atoms with Gasteiger partial charge in [0.05, 0.1) is 25.0 Å². The minimum atomic E-state index is 0.109. The van der Waals surface area contributed by atoms with Gasteiger partial charge in [-0.15, -0.1) is 0 Å². The molecule has 0 bridgehead atoms. The molecule has 16 heavy (non-hydrogen) atoms.